The van der Waals surface area contributed by atoms with Crippen molar-refractivity contribution in [3.8, 4) is 6.07 Å². The van der Waals surface area contributed by atoms with Crippen LogP contribution in [0.3, 0.4) is 0 Å². The summed E-state index contributed by atoms with van der Waals surface area (Å²) in [5, 5.41) is 23.0. The minimum atomic E-state index is -0.604. The minimum Gasteiger partial charge on any atom is -0.392 e. The van der Waals surface area contributed by atoms with E-state index < -0.39 is 17.8 Å². The van der Waals surface area contributed by atoms with E-state index >= 15 is 0 Å². The number of benzene rings is 1. The summed E-state index contributed by atoms with van der Waals surface area (Å²) >= 11 is 0. The summed E-state index contributed by atoms with van der Waals surface area (Å²) in [7, 11) is 0. The molecule has 19 heavy (non-hydrogen) atoms. The number of amides is 1. The fourth-order valence-corrected chi connectivity index (χ4v) is 1.21. The van der Waals surface area contributed by atoms with Crippen LogP contribution in [-0.4, -0.2) is 23.7 Å². The van der Waals surface area contributed by atoms with Crippen molar-refractivity contribution in [1.29, 1.82) is 5.26 Å². The number of nitriles is 1. The van der Waals surface area contributed by atoms with Gasteiger partial charge in [0.05, 0.1) is 6.10 Å². The minimum absolute atomic E-state index is 0.134. The van der Waals surface area contributed by atoms with Gasteiger partial charge < -0.3 is 15.7 Å². The highest BCUT2D eigenvalue weighted by atomic mass is 19.1. The molecule has 0 fully saturated rings. The van der Waals surface area contributed by atoms with E-state index in [0.29, 0.717) is 5.69 Å². The lowest BCUT2D eigenvalue weighted by Gasteiger charge is -2.06. The Balaban J connectivity index is 2.64. The zero-order valence-electron chi connectivity index (χ0n) is 10.4. The monoisotopic (exact) mass is 263 g/mol. The van der Waals surface area contributed by atoms with Crippen molar-refractivity contribution in [3.63, 3.8) is 0 Å². The Hall–Kier alpha value is -2.39. The predicted octanol–water partition coefficient (Wildman–Crippen LogP) is 1.14. The molecule has 0 saturated carbocycles. The van der Waals surface area contributed by atoms with Crippen molar-refractivity contribution >= 4 is 11.6 Å². The van der Waals surface area contributed by atoms with E-state index in [1.165, 1.54) is 30.5 Å². The number of aliphatic hydroxyl groups excluding tert-OH is 1. The van der Waals surface area contributed by atoms with Crippen molar-refractivity contribution in [2.75, 3.05) is 11.9 Å². The second-order valence-electron chi connectivity index (χ2n) is 3.89. The SMILES string of the molecule is CC(O)CN/C=C(/C#N)C(=O)Nc1ccc(F)cc1. The third-order valence-electron chi connectivity index (χ3n) is 2.13. The van der Waals surface area contributed by atoms with Crippen LogP contribution in [0, 0.1) is 17.1 Å². The van der Waals surface area contributed by atoms with Gasteiger partial charge in [0.2, 0.25) is 0 Å². The molecule has 1 unspecified atom stereocenters. The standard InChI is InChI=1S/C13H14FN3O2/c1-9(18)7-16-8-10(6-15)13(19)17-12-4-2-11(14)3-5-12/h2-5,8-9,16,18H,7H2,1H3,(H,17,19)/b10-8-. The van der Waals surface area contributed by atoms with Crippen LogP contribution < -0.4 is 10.6 Å². The third kappa shape index (κ3) is 5.19. The van der Waals surface area contributed by atoms with Gasteiger partial charge in [-0.3, -0.25) is 4.79 Å². The Labute approximate surface area is 110 Å². The highest BCUT2D eigenvalue weighted by Gasteiger charge is 2.09. The van der Waals surface area contributed by atoms with Crippen LogP contribution in [-0.2, 0) is 4.79 Å². The van der Waals surface area contributed by atoms with Crippen LogP contribution in [0.1, 0.15) is 6.92 Å². The van der Waals surface area contributed by atoms with Crippen molar-refractivity contribution in [2.24, 2.45) is 0 Å². The van der Waals surface area contributed by atoms with Crippen molar-refractivity contribution in [1.82, 2.24) is 5.32 Å². The molecule has 5 nitrogen and oxygen atoms in total. The summed E-state index contributed by atoms with van der Waals surface area (Å²) in [6.45, 7) is 1.81. The van der Waals surface area contributed by atoms with Gasteiger partial charge in [0.15, 0.2) is 0 Å². The number of halogens is 1. The van der Waals surface area contributed by atoms with Crippen LogP contribution in [0.25, 0.3) is 0 Å². The smallest absolute Gasteiger partial charge is 0.267 e. The summed E-state index contributed by atoms with van der Waals surface area (Å²) in [5.41, 5.74) is 0.257. The molecule has 0 spiro atoms. The van der Waals surface area contributed by atoms with Gasteiger partial charge in [-0.15, -0.1) is 0 Å². The largest absolute Gasteiger partial charge is 0.392 e. The van der Waals surface area contributed by atoms with Gasteiger partial charge in [-0.05, 0) is 31.2 Å². The molecular weight excluding hydrogens is 249 g/mol. The van der Waals surface area contributed by atoms with Gasteiger partial charge in [0, 0.05) is 18.4 Å². The predicted molar refractivity (Wildman–Crippen MR) is 68.4 cm³/mol. The fourth-order valence-electron chi connectivity index (χ4n) is 1.21. The highest BCUT2D eigenvalue weighted by molar-refractivity contribution is 6.06. The van der Waals surface area contributed by atoms with E-state index in [-0.39, 0.29) is 12.1 Å². The fraction of sp³-hybridized carbons (Fsp3) is 0.231. The van der Waals surface area contributed by atoms with E-state index in [0.717, 1.165) is 0 Å². The Morgan fingerprint density at radius 1 is 1.53 bits per heavy atom. The molecular formula is C13H14FN3O2. The second-order valence-corrected chi connectivity index (χ2v) is 3.89. The van der Waals surface area contributed by atoms with Crippen molar-refractivity contribution < 1.29 is 14.3 Å². The van der Waals surface area contributed by atoms with E-state index in [4.69, 9.17) is 10.4 Å². The van der Waals surface area contributed by atoms with Gasteiger partial charge in [0.1, 0.15) is 17.5 Å². The Morgan fingerprint density at radius 2 is 2.16 bits per heavy atom. The Kier molecular flexibility index (Phi) is 5.51. The normalized spacial score (nSPS) is 12.4. The molecule has 0 saturated heterocycles. The quantitative estimate of drug-likeness (QED) is 0.549. The molecule has 0 aromatic heterocycles. The summed E-state index contributed by atoms with van der Waals surface area (Å²) in [6, 6.07) is 6.94. The number of nitrogens with one attached hydrogen (secondary N) is 2. The van der Waals surface area contributed by atoms with Crippen LogP contribution in [0.2, 0.25) is 0 Å². The lowest BCUT2D eigenvalue weighted by atomic mass is 10.2. The number of hydrogen-bond acceptors (Lipinski definition) is 4. The molecule has 1 atom stereocenters. The van der Waals surface area contributed by atoms with Gasteiger partial charge >= 0.3 is 0 Å². The average Bonchev–Trinajstić information content (AvgIpc) is 2.37. The van der Waals surface area contributed by atoms with Crippen LogP contribution in [0.15, 0.2) is 36.0 Å². The van der Waals surface area contributed by atoms with E-state index in [1.54, 1.807) is 13.0 Å². The molecule has 1 aromatic rings. The molecule has 3 N–H and O–H groups in total. The highest BCUT2D eigenvalue weighted by Crippen LogP contribution is 2.09. The van der Waals surface area contributed by atoms with E-state index in [1.807, 2.05) is 0 Å². The summed E-state index contributed by atoms with van der Waals surface area (Å²) in [6.07, 6.45) is 0.641. The molecule has 100 valence electrons. The molecule has 1 amide bonds. The van der Waals surface area contributed by atoms with E-state index in [2.05, 4.69) is 10.6 Å². The molecule has 0 bridgehead atoms. The first-order valence-corrected chi connectivity index (χ1v) is 5.61. The number of carbonyl (C=O) groups excluding carboxylic acids is 1. The summed E-state index contributed by atoms with van der Waals surface area (Å²) < 4.78 is 12.7. The summed E-state index contributed by atoms with van der Waals surface area (Å²) in [4.78, 5) is 11.7. The van der Waals surface area contributed by atoms with Gasteiger partial charge in [-0.1, -0.05) is 0 Å². The molecule has 0 aliphatic heterocycles. The topological polar surface area (TPSA) is 85.2 Å². The number of aliphatic hydroxyl groups is 1. The molecule has 1 rings (SSSR count). The lowest BCUT2D eigenvalue weighted by molar-refractivity contribution is -0.112. The molecule has 0 aliphatic rings. The maximum absolute atomic E-state index is 12.7. The van der Waals surface area contributed by atoms with Crippen LogP contribution >= 0.6 is 0 Å². The van der Waals surface area contributed by atoms with Gasteiger partial charge in [-0.2, -0.15) is 5.26 Å². The Morgan fingerprint density at radius 3 is 2.68 bits per heavy atom. The zero-order valence-corrected chi connectivity index (χ0v) is 10.4. The summed E-state index contributed by atoms with van der Waals surface area (Å²) in [5.74, 6) is -1.01. The number of anilines is 1. The first kappa shape index (κ1) is 14.7. The van der Waals surface area contributed by atoms with Crippen LogP contribution in [0.5, 0.6) is 0 Å². The maximum atomic E-state index is 12.7. The maximum Gasteiger partial charge on any atom is 0.267 e. The molecule has 0 heterocycles. The average molecular weight is 263 g/mol. The first-order valence-electron chi connectivity index (χ1n) is 5.61. The van der Waals surface area contributed by atoms with Gasteiger partial charge in [-0.25, -0.2) is 4.39 Å². The number of carbonyl (C=O) groups is 1. The van der Waals surface area contributed by atoms with E-state index in [9.17, 15) is 9.18 Å². The molecule has 0 radical (unpaired) electrons. The Bertz CT molecular complexity index is 504. The molecule has 1 aromatic carbocycles. The first-order chi connectivity index (χ1) is 9.02. The lowest BCUT2D eigenvalue weighted by Crippen LogP contribution is -2.22. The molecule has 6 heteroatoms. The van der Waals surface area contributed by atoms with Crippen molar-refractivity contribution in [3.05, 3.63) is 41.9 Å². The zero-order chi connectivity index (χ0) is 14.3. The third-order valence-corrected chi connectivity index (χ3v) is 2.13. The van der Waals surface area contributed by atoms with Crippen LogP contribution in [0.4, 0.5) is 10.1 Å². The number of rotatable bonds is 5. The van der Waals surface area contributed by atoms with Crippen molar-refractivity contribution in [2.45, 2.75) is 13.0 Å². The van der Waals surface area contributed by atoms with Gasteiger partial charge in [0.25, 0.3) is 5.91 Å². The number of hydrogen-bond donors (Lipinski definition) is 3. The molecule has 0 aliphatic carbocycles. The second kappa shape index (κ2) is 7.13. The number of nitrogens with zero attached hydrogens (tertiary/aromatic N) is 1.